The lowest BCUT2D eigenvalue weighted by Gasteiger charge is -2.38. The first kappa shape index (κ1) is 59.7. The number of esters is 1. The Kier molecular flexibility index (Phi) is 18.1. The van der Waals surface area contributed by atoms with Gasteiger partial charge in [0.1, 0.15) is 17.6 Å². The molecule has 0 aliphatic carbocycles. The number of amides is 1. The molecule has 4 aliphatic heterocycles. The van der Waals surface area contributed by atoms with Crippen LogP contribution in [0.2, 0.25) is 0 Å². The van der Waals surface area contributed by atoms with Crippen LogP contribution in [-0.4, -0.2) is 162 Å². The number of hydrogen-bond donors (Lipinski definition) is 6. The number of ether oxygens (including phenoxy) is 4. The summed E-state index contributed by atoms with van der Waals surface area (Å²) in [5.41, 5.74) is 6.07. The number of methoxy groups -OCH3 is 1. The van der Waals surface area contributed by atoms with Crippen molar-refractivity contribution >= 4 is 56.4 Å². The van der Waals surface area contributed by atoms with Crippen molar-refractivity contribution in [2.75, 3.05) is 88.7 Å². The maximum absolute atomic E-state index is 15.2. The van der Waals surface area contributed by atoms with Crippen LogP contribution >= 0.6 is 0 Å². The van der Waals surface area contributed by atoms with Gasteiger partial charge in [0.05, 0.1) is 46.7 Å². The van der Waals surface area contributed by atoms with Crippen LogP contribution in [0.4, 0.5) is 17.1 Å². The van der Waals surface area contributed by atoms with E-state index in [2.05, 4.69) is 97.4 Å². The molecular weight excluding hydrogens is 1040 g/mol. The van der Waals surface area contributed by atoms with Crippen molar-refractivity contribution in [3.05, 3.63) is 119 Å². The summed E-state index contributed by atoms with van der Waals surface area (Å²) in [7, 11) is 5.77. The summed E-state index contributed by atoms with van der Waals surface area (Å²) >= 11 is 0. The second-order valence-electron chi connectivity index (χ2n) is 23.5. The number of benzene rings is 4. The quantitative estimate of drug-likeness (QED) is 0.0574. The molecular formula is C64H83N7O11. The number of fused-ring (bicyclic) bond motifs is 1. The van der Waals surface area contributed by atoms with Crippen molar-refractivity contribution in [3.8, 4) is 17.2 Å². The summed E-state index contributed by atoms with van der Waals surface area (Å²) in [6.07, 6.45) is 5.82. The Morgan fingerprint density at radius 3 is 1.88 bits per heavy atom. The molecule has 0 unspecified atom stereocenters. The fourth-order valence-electron chi connectivity index (χ4n) is 12.2. The van der Waals surface area contributed by atoms with E-state index in [4.69, 9.17) is 18.9 Å². The predicted molar refractivity (Wildman–Crippen MR) is 319 cm³/mol. The van der Waals surface area contributed by atoms with Crippen LogP contribution in [0.5, 0.6) is 17.2 Å². The Balaban J connectivity index is 1.16. The number of aromatic hydroxyl groups is 2. The van der Waals surface area contributed by atoms with E-state index in [0.29, 0.717) is 36.1 Å². The number of carbonyl (C=O) groups excluding carboxylic acids is 3. The summed E-state index contributed by atoms with van der Waals surface area (Å²) < 4.78 is 24.4. The zero-order valence-electron chi connectivity index (χ0n) is 49.4. The van der Waals surface area contributed by atoms with Gasteiger partial charge in [0.15, 0.2) is 5.75 Å². The molecule has 9 rings (SSSR count). The molecule has 2 fully saturated rings. The van der Waals surface area contributed by atoms with E-state index in [1.807, 2.05) is 6.20 Å². The SMILES string of the molecule is CO[C@H]1C=CO[C@@]2(C)Oc3c(C)c(O)c4c(O)c(c5c(CN(Cc6ccc(N7CCN(C)CC7)cc6)Cc6ccc(N7CCN(C)CC7)cc6)c[nH]c5c4c3C2=O)NC(=O)C(C)=CC=C[C@H](C)[C@H](O)[C@@H](C)[C@@H](O)[C@@H](C)[C@H](OC(C)=O)[C@@H]1C. The maximum Gasteiger partial charge on any atom is 0.312 e. The van der Waals surface area contributed by atoms with Gasteiger partial charge in [0.25, 0.3) is 11.7 Å². The standard InChI is InChI=1S/C64H83N7O11/c1-37-13-12-14-38(2)63(78)66-55-50-46(36-69(34-44-15-19-47(20-16-44)70-28-24-67(9)25-29-70)35-45-17-21-48(22-18-45)71-30-26-68(10)27-31-71)33-65-54(50)51-52(59(55)76)58(75)42(6)61-53(51)62(77)64(8,82-61)80-32-23-49(79-11)39(3)60(81-43(7)72)41(5)57(74)40(4)56(37)73/h12-23,32-33,37,39-41,49,56-57,60,65,73-76H,24-31,34-36H2,1-11H3,(H,66,78)/t37-,39+,40+,41+,49-,56-,57+,60+,64-/m0/s1. The van der Waals surface area contributed by atoms with Crippen molar-refractivity contribution in [1.82, 2.24) is 19.7 Å². The van der Waals surface area contributed by atoms with Gasteiger partial charge in [-0.1, -0.05) is 70.2 Å². The van der Waals surface area contributed by atoms with Crippen molar-refractivity contribution < 1.29 is 53.8 Å². The highest BCUT2D eigenvalue weighted by atomic mass is 16.7. The molecule has 18 nitrogen and oxygen atoms in total. The topological polar surface area (TPSA) is 213 Å². The number of hydrogen-bond acceptors (Lipinski definition) is 16. The second kappa shape index (κ2) is 24.9. The predicted octanol–water partition coefficient (Wildman–Crippen LogP) is 8.24. The average Bonchev–Trinajstić information content (AvgIpc) is 4.22. The van der Waals surface area contributed by atoms with Crippen LogP contribution in [0.15, 0.2) is 90.9 Å². The highest BCUT2D eigenvalue weighted by Crippen LogP contribution is 2.54. The number of phenols is 2. The summed E-state index contributed by atoms with van der Waals surface area (Å²) in [4.78, 5) is 57.5. The smallest absolute Gasteiger partial charge is 0.312 e. The fraction of sp³-hybridized carbons (Fsp3) is 0.484. The number of aliphatic hydroxyl groups excluding tert-OH is 2. The second-order valence-corrected chi connectivity index (χ2v) is 23.5. The van der Waals surface area contributed by atoms with Crippen LogP contribution in [-0.2, 0) is 43.4 Å². The van der Waals surface area contributed by atoms with Crippen molar-refractivity contribution in [3.63, 3.8) is 0 Å². The van der Waals surface area contributed by atoms with Gasteiger partial charge >= 0.3 is 11.8 Å². The Bertz CT molecular complexity index is 3160. The summed E-state index contributed by atoms with van der Waals surface area (Å²) in [5.74, 6) is -6.94. The summed E-state index contributed by atoms with van der Waals surface area (Å²) in [6.45, 7) is 22.2. The van der Waals surface area contributed by atoms with Crippen LogP contribution in [0, 0.1) is 30.6 Å². The van der Waals surface area contributed by atoms with Crippen LogP contribution in [0.3, 0.4) is 0 Å². The average molecular weight is 1130 g/mol. The molecule has 0 saturated carbocycles. The highest BCUT2D eigenvalue weighted by molar-refractivity contribution is 6.29. The lowest BCUT2D eigenvalue weighted by molar-refractivity contribution is -0.160. The molecule has 18 heteroatoms. The molecule has 0 spiro atoms. The molecule has 2 saturated heterocycles. The number of nitrogens with zero attached hydrogens (tertiary/aromatic N) is 5. The van der Waals surface area contributed by atoms with Gasteiger partial charge in [-0.2, -0.15) is 0 Å². The zero-order chi connectivity index (χ0) is 58.9. The van der Waals surface area contributed by atoms with Gasteiger partial charge < -0.3 is 69.3 Å². The number of H-pyrrole nitrogens is 1. The molecule has 82 heavy (non-hydrogen) atoms. The number of likely N-dealkylation sites (N-methyl/N-ethyl adjacent to an activating group) is 2. The van der Waals surface area contributed by atoms with E-state index in [1.165, 1.54) is 38.6 Å². The molecule has 4 aromatic carbocycles. The van der Waals surface area contributed by atoms with Gasteiger partial charge in [0, 0.05) is 156 Å². The molecule has 440 valence electrons. The van der Waals surface area contributed by atoms with Crippen molar-refractivity contribution in [1.29, 1.82) is 0 Å². The van der Waals surface area contributed by atoms with E-state index in [0.717, 1.165) is 63.5 Å². The number of rotatable bonds is 10. The highest BCUT2D eigenvalue weighted by Gasteiger charge is 2.50. The molecule has 4 bridgehead atoms. The minimum absolute atomic E-state index is 0.0263. The van der Waals surface area contributed by atoms with Gasteiger partial charge in [-0.05, 0) is 75.0 Å². The Labute approximate surface area is 481 Å². The van der Waals surface area contributed by atoms with Crippen molar-refractivity contribution in [2.24, 2.45) is 23.7 Å². The third-order valence-electron chi connectivity index (χ3n) is 17.5. The Morgan fingerprint density at radius 1 is 0.756 bits per heavy atom. The number of nitrogens with one attached hydrogen (secondary N) is 2. The molecule has 1 amide bonds. The van der Waals surface area contributed by atoms with E-state index in [9.17, 15) is 30.0 Å². The third-order valence-corrected chi connectivity index (χ3v) is 17.5. The number of Topliss-reactive ketones (excluding diaryl/α,β-unsaturated/α-hetero) is 1. The first-order valence-electron chi connectivity index (χ1n) is 28.7. The number of phenolic OH excluding ortho intramolecular Hbond substituents is 2. The van der Waals surface area contributed by atoms with Crippen LogP contribution < -0.4 is 19.9 Å². The van der Waals surface area contributed by atoms with Crippen LogP contribution in [0.25, 0.3) is 21.7 Å². The minimum Gasteiger partial charge on any atom is -0.507 e. The zero-order valence-corrected chi connectivity index (χ0v) is 49.4. The number of aromatic nitrogens is 1. The number of anilines is 3. The first-order chi connectivity index (χ1) is 39.1. The summed E-state index contributed by atoms with van der Waals surface area (Å²) in [5, 5.41) is 51.8. The lowest BCUT2D eigenvalue weighted by Crippen LogP contribution is -2.46. The first-order valence-corrected chi connectivity index (χ1v) is 28.7. The third kappa shape index (κ3) is 12.2. The fourth-order valence-corrected chi connectivity index (χ4v) is 12.2. The van der Waals surface area contributed by atoms with E-state index >= 15 is 4.79 Å². The van der Waals surface area contributed by atoms with Gasteiger partial charge in [-0.3, -0.25) is 19.3 Å². The van der Waals surface area contributed by atoms with Gasteiger partial charge in [-0.15, -0.1) is 0 Å². The van der Waals surface area contributed by atoms with E-state index < -0.39 is 77.3 Å². The Morgan fingerprint density at radius 2 is 1.33 bits per heavy atom. The number of ketones is 1. The van der Waals surface area contributed by atoms with E-state index in [-0.39, 0.29) is 44.7 Å². The molecule has 5 aromatic rings. The molecule has 4 aliphatic rings. The monoisotopic (exact) mass is 1130 g/mol. The number of aromatic amines is 1. The molecule has 6 N–H and O–H groups in total. The maximum atomic E-state index is 15.2. The van der Waals surface area contributed by atoms with Gasteiger partial charge in [-0.25, -0.2) is 0 Å². The molecule has 0 radical (unpaired) electrons. The number of carbonyl (C=O) groups is 3. The van der Waals surface area contributed by atoms with Crippen molar-refractivity contribution in [2.45, 2.75) is 105 Å². The minimum atomic E-state index is -1.99. The normalized spacial score (nSPS) is 26.4. The number of aliphatic hydroxyl groups is 2. The molecule has 9 atom stereocenters. The Hall–Kier alpha value is -6.93. The summed E-state index contributed by atoms with van der Waals surface area (Å²) in [6, 6.07) is 17.4. The van der Waals surface area contributed by atoms with E-state index in [1.54, 1.807) is 65.8 Å². The molecule has 5 heterocycles. The lowest BCUT2D eigenvalue weighted by atomic mass is 9.78. The largest absolute Gasteiger partial charge is 0.507 e. The van der Waals surface area contributed by atoms with Crippen LogP contribution in [0.1, 0.15) is 81.1 Å². The number of allylic oxidation sites excluding steroid dienone is 2. The number of piperazine rings is 2. The van der Waals surface area contributed by atoms with Gasteiger partial charge in [0.2, 0.25) is 0 Å². The molecule has 1 aromatic heterocycles.